The van der Waals surface area contributed by atoms with Gasteiger partial charge in [0.1, 0.15) is 13.9 Å². The first-order valence-electron chi connectivity index (χ1n) is 4.37. The van der Waals surface area contributed by atoms with Crippen LogP contribution in [0.4, 0.5) is 4.39 Å². The van der Waals surface area contributed by atoms with Crippen molar-refractivity contribution in [3.05, 3.63) is 34.6 Å². The number of hydrogen-bond acceptors (Lipinski definition) is 0. The molecule has 0 spiro atoms. The largest absolute Gasteiger partial charge is 0.207 e. The predicted octanol–water partition coefficient (Wildman–Crippen LogP) is 3.71. The van der Waals surface area contributed by atoms with Crippen LogP contribution in [0.25, 0.3) is 0 Å². The van der Waals surface area contributed by atoms with Crippen molar-refractivity contribution in [2.24, 2.45) is 0 Å². The van der Waals surface area contributed by atoms with Crippen molar-refractivity contribution in [3.8, 4) is 11.5 Å². The number of hydrogen-bond donors (Lipinski definition) is 0. The molecule has 0 radical (unpaired) electrons. The van der Waals surface area contributed by atoms with E-state index in [1.807, 2.05) is 0 Å². The normalized spacial score (nSPS) is 10.6. The molecular weight excluding hydrogens is 215 g/mol. The van der Waals surface area contributed by atoms with E-state index in [9.17, 15) is 4.39 Å². The molecule has 0 unspecified atom stereocenters. The van der Waals surface area contributed by atoms with Crippen LogP contribution in [0, 0.1) is 17.3 Å². The summed E-state index contributed by atoms with van der Waals surface area (Å²) in [5.41, 5.74) is 3.72. The molecule has 0 saturated heterocycles. The topological polar surface area (TPSA) is 0 Å². The molecule has 0 amide bonds. The Labute approximate surface area is 90.1 Å². The molecule has 0 atom stereocenters. The molecule has 0 N–H and O–H groups in total. The van der Waals surface area contributed by atoms with Gasteiger partial charge in [0.05, 0.1) is 5.02 Å². The second-order valence-corrected chi connectivity index (χ2v) is 9.28. The third-order valence-electron chi connectivity index (χ3n) is 1.50. The van der Waals surface area contributed by atoms with Crippen LogP contribution in [-0.2, 0) is 0 Å². The fraction of sp³-hybridized carbons (Fsp3) is 0.273. The summed E-state index contributed by atoms with van der Waals surface area (Å²) >= 11 is 5.87. The average molecular weight is 227 g/mol. The smallest absolute Gasteiger partial charge is 0.129 e. The van der Waals surface area contributed by atoms with Crippen molar-refractivity contribution in [1.82, 2.24) is 0 Å². The van der Waals surface area contributed by atoms with Gasteiger partial charge in [-0.1, -0.05) is 37.2 Å². The highest BCUT2D eigenvalue weighted by molar-refractivity contribution is 6.83. The lowest BCUT2D eigenvalue weighted by atomic mass is 10.2. The van der Waals surface area contributed by atoms with Crippen molar-refractivity contribution in [3.63, 3.8) is 0 Å². The Bertz CT molecular complexity index is 396. The van der Waals surface area contributed by atoms with Gasteiger partial charge in [0.15, 0.2) is 0 Å². The maximum atomic E-state index is 12.9. The van der Waals surface area contributed by atoms with Crippen LogP contribution in [0.2, 0.25) is 24.7 Å². The molecule has 1 rings (SSSR count). The average Bonchev–Trinajstić information content (AvgIpc) is 2.05. The van der Waals surface area contributed by atoms with Crippen molar-refractivity contribution < 1.29 is 4.39 Å². The summed E-state index contributed by atoms with van der Waals surface area (Å²) in [6, 6.07) is 4.24. The van der Waals surface area contributed by atoms with Gasteiger partial charge in [-0.25, -0.2) is 4.39 Å². The highest BCUT2D eigenvalue weighted by Crippen LogP contribution is 2.15. The summed E-state index contributed by atoms with van der Waals surface area (Å²) in [5.74, 6) is 2.64. The number of halogens is 2. The van der Waals surface area contributed by atoms with E-state index in [0.29, 0.717) is 10.6 Å². The van der Waals surface area contributed by atoms with E-state index in [2.05, 4.69) is 31.1 Å². The molecule has 0 aromatic heterocycles. The fourth-order valence-electron chi connectivity index (χ4n) is 0.848. The summed E-state index contributed by atoms with van der Waals surface area (Å²) < 4.78 is 12.9. The lowest BCUT2D eigenvalue weighted by Gasteiger charge is -2.03. The van der Waals surface area contributed by atoms with Crippen LogP contribution in [-0.4, -0.2) is 8.07 Å². The van der Waals surface area contributed by atoms with E-state index in [1.54, 1.807) is 0 Å². The highest BCUT2D eigenvalue weighted by atomic mass is 35.5. The van der Waals surface area contributed by atoms with E-state index in [1.165, 1.54) is 18.2 Å². The third kappa shape index (κ3) is 3.53. The van der Waals surface area contributed by atoms with E-state index >= 15 is 0 Å². The van der Waals surface area contributed by atoms with Crippen LogP contribution < -0.4 is 0 Å². The molecule has 0 aliphatic rings. The second kappa shape index (κ2) is 4.16. The standard InChI is InChI=1S/C11H12ClFSi/c1-14(2,3)7-6-9-8-10(13)4-5-11(9)12/h4-5,8H,1-3H3. The van der Waals surface area contributed by atoms with Gasteiger partial charge >= 0.3 is 0 Å². The van der Waals surface area contributed by atoms with Crippen molar-refractivity contribution in [2.45, 2.75) is 19.6 Å². The Morgan fingerprint density at radius 2 is 1.93 bits per heavy atom. The molecule has 0 nitrogen and oxygen atoms in total. The quantitative estimate of drug-likeness (QED) is 0.467. The van der Waals surface area contributed by atoms with Crippen LogP contribution >= 0.6 is 11.6 Å². The lowest BCUT2D eigenvalue weighted by Crippen LogP contribution is -2.16. The van der Waals surface area contributed by atoms with E-state index in [4.69, 9.17) is 11.6 Å². The maximum Gasteiger partial charge on any atom is 0.129 e. The minimum Gasteiger partial charge on any atom is -0.207 e. The molecule has 0 aliphatic carbocycles. The minimum absolute atomic E-state index is 0.297. The number of benzene rings is 1. The molecule has 0 aliphatic heterocycles. The summed E-state index contributed by atoms with van der Waals surface area (Å²) in [6.07, 6.45) is 0. The molecule has 1 aromatic carbocycles. The highest BCUT2D eigenvalue weighted by Gasteiger charge is 2.08. The molecule has 0 heterocycles. The van der Waals surface area contributed by atoms with Crippen LogP contribution in [0.15, 0.2) is 18.2 Å². The van der Waals surface area contributed by atoms with Gasteiger partial charge in [-0.05, 0) is 18.2 Å². The summed E-state index contributed by atoms with van der Waals surface area (Å²) in [6.45, 7) is 6.40. The van der Waals surface area contributed by atoms with Crippen LogP contribution in [0.3, 0.4) is 0 Å². The Morgan fingerprint density at radius 1 is 1.29 bits per heavy atom. The maximum absolute atomic E-state index is 12.9. The van der Waals surface area contributed by atoms with Gasteiger partial charge in [0.25, 0.3) is 0 Å². The fourth-order valence-corrected chi connectivity index (χ4v) is 1.52. The summed E-state index contributed by atoms with van der Waals surface area (Å²) in [7, 11) is -1.42. The monoisotopic (exact) mass is 226 g/mol. The van der Waals surface area contributed by atoms with Crippen LogP contribution in [0.1, 0.15) is 5.56 Å². The molecule has 14 heavy (non-hydrogen) atoms. The first-order chi connectivity index (χ1) is 6.38. The summed E-state index contributed by atoms with van der Waals surface area (Å²) in [4.78, 5) is 0. The van der Waals surface area contributed by atoms with Gasteiger partial charge in [0, 0.05) is 5.56 Å². The predicted molar refractivity (Wildman–Crippen MR) is 61.6 cm³/mol. The molecule has 74 valence electrons. The molecular formula is C11H12ClFSi. The zero-order valence-electron chi connectivity index (χ0n) is 8.49. The van der Waals surface area contributed by atoms with Crippen molar-refractivity contribution >= 4 is 19.7 Å². The van der Waals surface area contributed by atoms with Gasteiger partial charge in [-0.3, -0.25) is 0 Å². The first-order valence-corrected chi connectivity index (χ1v) is 8.24. The van der Waals surface area contributed by atoms with Gasteiger partial charge < -0.3 is 0 Å². The molecule has 1 aromatic rings. The Kier molecular flexibility index (Phi) is 3.36. The zero-order chi connectivity index (χ0) is 10.8. The second-order valence-electron chi connectivity index (χ2n) is 4.12. The zero-order valence-corrected chi connectivity index (χ0v) is 10.2. The van der Waals surface area contributed by atoms with Gasteiger partial charge in [-0.2, -0.15) is 0 Å². The van der Waals surface area contributed by atoms with Crippen molar-refractivity contribution in [2.75, 3.05) is 0 Å². The molecule has 0 saturated carbocycles. The van der Waals surface area contributed by atoms with E-state index < -0.39 is 8.07 Å². The minimum atomic E-state index is -1.42. The SMILES string of the molecule is C[Si](C)(C)C#Cc1cc(F)ccc1Cl. The Hall–Kier alpha value is -0.783. The Balaban J connectivity index is 3.06. The van der Waals surface area contributed by atoms with Gasteiger partial charge in [0.2, 0.25) is 0 Å². The van der Waals surface area contributed by atoms with Crippen molar-refractivity contribution in [1.29, 1.82) is 0 Å². The molecule has 3 heteroatoms. The molecule has 0 fully saturated rings. The third-order valence-corrected chi connectivity index (χ3v) is 2.71. The van der Waals surface area contributed by atoms with Gasteiger partial charge in [-0.15, -0.1) is 5.54 Å². The first kappa shape index (κ1) is 11.3. The Morgan fingerprint density at radius 3 is 2.50 bits per heavy atom. The lowest BCUT2D eigenvalue weighted by molar-refractivity contribution is 0.627. The number of rotatable bonds is 0. The molecule has 0 bridgehead atoms. The summed E-state index contributed by atoms with van der Waals surface area (Å²) in [5, 5.41) is 0.511. The van der Waals surface area contributed by atoms with E-state index in [-0.39, 0.29) is 5.82 Å². The van der Waals surface area contributed by atoms with Crippen LogP contribution in [0.5, 0.6) is 0 Å². The van der Waals surface area contributed by atoms with E-state index in [0.717, 1.165) is 0 Å².